The molecule has 7 heteroatoms. The van der Waals surface area contributed by atoms with Gasteiger partial charge in [0.05, 0.1) is 31.3 Å². The molecule has 1 fully saturated rings. The van der Waals surface area contributed by atoms with Crippen LogP contribution >= 0.6 is 0 Å². The quantitative estimate of drug-likeness (QED) is 0.0774. The van der Waals surface area contributed by atoms with Gasteiger partial charge in [0, 0.05) is 17.9 Å². The van der Waals surface area contributed by atoms with Gasteiger partial charge in [-0.1, -0.05) is 83.9 Å². The second kappa shape index (κ2) is 19.4. The predicted molar refractivity (Wildman–Crippen MR) is 169 cm³/mol. The molecule has 240 valence electrons. The second-order valence-electron chi connectivity index (χ2n) is 12.5. The highest BCUT2D eigenvalue weighted by Gasteiger charge is 2.25. The fourth-order valence-corrected chi connectivity index (χ4v) is 5.60. The molecular formula is C36H54O7. The molecule has 0 heterocycles. The highest BCUT2D eigenvalue weighted by molar-refractivity contribution is 5.88. The SMILES string of the molecule is C=C(C)C(=O)OC(CCOC(=O)C(=C)CO)CC(COC(=O)C(C)C)Cc1ccc(C2CCC(CCCCC)CC2)cc1. The van der Waals surface area contributed by atoms with Crippen molar-refractivity contribution in [3.63, 3.8) is 0 Å². The van der Waals surface area contributed by atoms with Crippen molar-refractivity contribution in [3.05, 3.63) is 59.7 Å². The number of esters is 3. The molecule has 2 unspecified atom stereocenters. The van der Waals surface area contributed by atoms with E-state index in [1.807, 2.05) is 0 Å². The first-order valence-electron chi connectivity index (χ1n) is 16.1. The van der Waals surface area contributed by atoms with E-state index in [9.17, 15) is 14.4 Å². The number of carbonyl (C=O) groups excluding carboxylic acids is 3. The number of aliphatic hydroxyl groups excluding tert-OH is 1. The van der Waals surface area contributed by atoms with Gasteiger partial charge in [-0.2, -0.15) is 0 Å². The normalized spacial score (nSPS) is 18.0. The Morgan fingerprint density at radius 3 is 2.23 bits per heavy atom. The zero-order valence-electron chi connectivity index (χ0n) is 26.9. The smallest absolute Gasteiger partial charge is 0.335 e. The highest BCUT2D eigenvalue weighted by Crippen LogP contribution is 2.38. The Hall–Kier alpha value is -2.93. The van der Waals surface area contributed by atoms with Crippen LogP contribution in [0.5, 0.6) is 0 Å². The van der Waals surface area contributed by atoms with Crippen LogP contribution in [0, 0.1) is 17.8 Å². The van der Waals surface area contributed by atoms with Crippen LogP contribution in [-0.4, -0.2) is 48.9 Å². The Kier molecular flexibility index (Phi) is 16.3. The van der Waals surface area contributed by atoms with Gasteiger partial charge in [-0.3, -0.25) is 4.79 Å². The summed E-state index contributed by atoms with van der Waals surface area (Å²) < 4.78 is 16.5. The van der Waals surface area contributed by atoms with Crippen LogP contribution in [0.15, 0.2) is 48.6 Å². The van der Waals surface area contributed by atoms with Crippen molar-refractivity contribution in [1.29, 1.82) is 0 Å². The summed E-state index contributed by atoms with van der Waals surface area (Å²) in [6, 6.07) is 8.80. The van der Waals surface area contributed by atoms with Crippen LogP contribution in [0.4, 0.5) is 0 Å². The number of benzene rings is 1. The maximum Gasteiger partial charge on any atom is 0.335 e. The number of hydrogen-bond donors (Lipinski definition) is 1. The molecule has 1 aliphatic rings. The minimum atomic E-state index is -0.694. The van der Waals surface area contributed by atoms with Gasteiger partial charge < -0.3 is 19.3 Å². The third-order valence-electron chi connectivity index (χ3n) is 8.34. The summed E-state index contributed by atoms with van der Waals surface area (Å²) >= 11 is 0. The Labute approximate surface area is 259 Å². The molecule has 2 rings (SSSR count). The first-order chi connectivity index (χ1) is 20.5. The van der Waals surface area contributed by atoms with Crippen LogP contribution in [0.2, 0.25) is 0 Å². The van der Waals surface area contributed by atoms with Crippen molar-refractivity contribution in [3.8, 4) is 0 Å². The van der Waals surface area contributed by atoms with Gasteiger partial charge in [0.15, 0.2) is 0 Å². The average molecular weight is 599 g/mol. The molecule has 0 radical (unpaired) electrons. The van der Waals surface area contributed by atoms with E-state index in [0.717, 1.165) is 11.5 Å². The van der Waals surface area contributed by atoms with E-state index in [4.69, 9.17) is 19.3 Å². The highest BCUT2D eigenvalue weighted by atomic mass is 16.6. The molecule has 0 saturated heterocycles. The minimum absolute atomic E-state index is 0.0139. The summed E-state index contributed by atoms with van der Waals surface area (Å²) in [6.07, 6.45) is 11.2. The Morgan fingerprint density at radius 1 is 0.977 bits per heavy atom. The number of carbonyl (C=O) groups is 3. The summed E-state index contributed by atoms with van der Waals surface area (Å²) in [5, 5.41) is 9.11. The molecule has 0 bridgehead atoms. The van der Waals surface area contributed by atoms with Crippen molar-refractivity contribution in [2.45, 2.75) is 110 Å². The fraction of sp³-hybridized carbons (Fsp3) is 0.639. The monoisotopic (exact) mass is 598 g/mol. The molecule has 0 spiro atoms. The van der Waals surface area contributed by atoms with E-state index < -0.39 is 24.6 Å². The van der Waals surface area contributed by atoms with Crippen LogP contribution in [0.3, 0.4) is 0 Å². The lowest BCUT2D eigenvalue weighted by molar-refractivity contribution is -0.152. The largest absolute Gasteiger partial charge is 0.465 e. The van der Waals surface area contributed by atoms with Crippen LogP contribution in [0.25, 0.3) is 0 Å². The van der Waals surface area contributed by atoms with E-state index in [0.29, 0.717) is 18.8 Å². The van der Waals surface area contributed by atoms with E-state index in [1.54, 1.807) is 20.8 Å². The molecule has 1 aliphatic carbocycles. The van der Waals surface area contributed by atoms with Gasteiger partial charge in [0.25, 0.3) is 0 Å². The Bertz CT molecular complexity index is 1030. The Morgan fingerprint density at radius 2 is 1.65 bits per heavy atom. The molecule has 7 nitrogen and oxygen atoms in total. The van der Waals surface area contributed by atoms with E-state index in [1.165, 1.54) is 56.9 Å². The lowest BCUT2D eigenvalue weighted by atomic mass is 9.77. The molecule has 1 aromatic carbocycles. The first kappa shape index (κ1) is 36.3. The van der Waals surface area contributed by atoms with Crippen LogP contribution < -0.4 is 0 Å². The third kappa shape index (κ3) is 13.5. The molecule has 0 aliphatic heterocycles. The average Bonchev–Trinajstić information content (AvgIpc) is 2.99. The zero-order chi connectivity index (χ0) is 31.8. The molecule has 0 aromatic heterocycles. The standard InChI is InChI=1S/C36H54O7/c1-7-8-9-10-28-11-15-31(16-12-28)32-17-13-29(14-18-32)21-30(24-42-34(38)25(2)3)22-33(43-35(39)26(4)5)19-20-41-36(40)27(6)23-37/h13-14,17-18,25,28,30-31,33,37H,4,6-12,15-16,19-24H2,1-3,5H3. The van der Waals surface area contributed by atoms with Gasteiger partial charge >= 0.3 is 17.9 Å². The summed E-state index contributed by atoms with van der Waals surface area (Å²) in [7, 11) is 0. The number of unbranched alkanes of at least 4 members (excludes halogenated alkanes) is 2. The predicted octanol–water partition coefficient (Wildman–Crippen LogP) is 7.26. The molecule has 2 atom stereocenters. The fourth-order valence-electron chi connectivity index (χ4n) is 5.60. The lowest BCUT2D eigenvalue weighted by Crippen LogP contribution is -2.28. The zero-order valence-corrected chi connectivity index (χ0v) is 26.9. The third-order valence-corrected chi connectivity index (χ3v) is 8.34. The number of hydrogen-bond acceptors (Lipinski definition) is 7. The topological polar surface area (TPSA) is 99.1 Å². The molecule has 1 N–H and O–H groups in total. The summed E-state index contributed by atoms with van der Waals surface area (Å²) in [5.74, 6) is -0.401. The van der Waals surface area contributed by atoms with Crippen LogP contribution in [0.1, 0.15) is 109 Å². The van der Waals surface area contributed by atoms with Crippen molar-refractivity contribution in [2.24, 2.45) is 17.8 Å². The number of aliphatic hydroxyl groups is 1. The van der Waals surface area contributed by atoms with E-state index in [2.05, 4.69) is 44.3 Å². The maximum absolute atomic E-state index is 12.4. The summed E-state index contributed by atoms with van der Waals surface area (Å²) in [4.78, 5) is 36.7. The first-order valence-corrected chi connectivity index (χ1v) is 16.1. The summed E-state index contributed by atoms with van der Waals surface area (Å²) in [5.41, 5.74) is 2.73. The second-order valence-corrected chi connectivity index (χ2v) is 12.5. The van der Waals surface area contributed by atoms with E-state index >= 15 is 0 Å². The Balaban J connectivity index is 2.08. The minimum Gasteiger partial charge on any atom is -0.465 e. The lowest BCUT2D eigenvalue weighted by Gasteiger charge is -2.29. The van der Waals surface area contributed by atoms with E-state index in [-0.39, 0.29) is 48.6 Å². The van der Waals surface area contributed by atoms with Gasteiger partial charge in [-0.25, -0.2) is 9.59 Å². The molecule has 0 amide bonds. The van der Waals surface area contributed by atoms with Crippen LogP contribution in [-0.2, 0) is 35.0 Å². The summed E-state index contributed by atoms with van der Waals surface area (Å²) in [6.45, 7) is 14.3. The molecule has 43 heavy (non-hydrogen) atoms. The van der Waals surface area contributed by atoms with Gasteiger partial charge in [-0.15, -0.1) is 0 Å². The van der Waals surface area contributed by atoms with Crippen molar-refractivity contribution in [1.82, 2.24) is 0 Å². The molecule has 1 aromatic rings. The number of rotatable bonds is 19. The van der Waals surface area contributed by atoms with Gasteiger partial charge in [-0.05, 0) is 68.4 Å². The number of ether oxygens (including phenoxy) is 3. The van der Waals surface area contributed by atoms with Gasteiger partial charge in [0.1, 0.15) is 6.10 Å². The maximum atomic E-state index is 12.4. The van der Waals surface area contributed by atoms with Gasteiger partial charge in [0.2, 0.25) is 0 Å². The van der Waals surface area contributed by atoms with Crippen molar-refractivity contribution < 1.29 is 33.7 Å². The molecular weight excluding hydrogens is 544 g/mol. The van der Waals surface area contributed by atoms with Crippen molar-refractivity contribution in [2.75, 3.05) is 19.8 Å². The van der Waals surface area contributed by atoms with Crippen molar-refractivity contribution >= 4 is 17.9 Å². The molecule has 1 saturated carbocycles.